The molecule has 2 heteroatoms. The fourth-order valence-electron chi connectivity index (χ4n) is 1.97. The van der Waals surface area contributed by atoms with Crippen LogP contribution >= 0.6 is 0 Å². The van der Waals surface area contributed by atoms with Gasteiger partial charge in [0.1, 0.15) is 0 Å². The predicted octanol–water partition coefficient (Wildman–Crippen LogP) is 3.97. The standard InChI is InChI=1S/C17H20O2/c1-13(2)12-19-17(18)10-8-14-7-9-15-5-3-4-6-16(15)11-14/h3-7,9,11,13H,8,10,12H2,1-2H3. The third kappa shape index (κ3) is 4.09. The molecule has 19 heavy (non-hydrogen) atoms. The summed E-state index contributed by atoms with van der Waals surface area (Å²) in [4.78, 5) is 11.6. The van der Waals surface area contributed by atoms with Gasteiger partial charge in [-0.3, -0.25) is 4.79 Å². The van der Waals surface area contributed by atoms with Gasteiger partial charge in [-0.1, -0.05) is 56.3 Å². The Kier molecular flexibility index (Phi) is 4.56. The van der Waals surface area contributed by atoms with E-state index in [0.717, 1.165) is 6.42 Å². The van der Waals surface area contributed by atoms with Crippen molar-refractivity contribution in [3.05, 3.63) is 48.0 Å². The van der Waals surface area contributed by atoms with Crippen LogP contribution in [0.1, 0.15) is 25.8 Å². The summed E-state index contributed by atoms with van der Waals surface area (Å²) in [6, 6.07) is 14.6. The first kappa shape index (κ1) is 13.6. The average molecular weight is 256 g/mol. The molecule has 2 rings (SSSR count). The number of benzene rings is 2. The minimum absolute atomic E-state index is 0.109. The second-order valence-corrected chi connectivity index (χ2v) is 5.26. The molecule has 100 valence electrons. The van der Waals surface area contributed by atoms with Gasteiger partial charge in [0, 0.05) is 6.42 Å². The van der Waals surface area contributed by atoms with Crippen LogP contribution in [0.4, 0.5) is 0 Å². The average Bonchev–Trinajstić information content (AvgIpc) is 2.42. The molecule has 0 saturated carbocycles. The van der Waals surface area contributed by atoms with Crippen molar-refractivity contribution in [2.24, 2.45) is 5.92 Å². The van der Waals surface area contributed by atoms with E-state index in [2.05, 4.69) is 30.3 Å². The quantitative estimate of drug-likeness (QED) is 0.757. The molecule has 0 N–H and O–H groups in total. The summed E-state index contributed by atoms with van der Waals surface area (Å²) in [5.74, 6) is 0.284. The highest BCUT2D eigenvalue weighted by Gasteiger charge is 2.05. The van der Waals surface area contributed by atoms with E-state index in [1.54, 1.807) is 0 Å². The van der Waals surface area contributed by atoms with Gasteiger partial charge in [-0.25, -0.2) is 0 Å². The first-order valence-electron chi connectivity index (χ1n) is 6.78. The second kappa shape index (κ2) is 6.37. The van der Waals surface area contributed by atoms with Gasteiger partial charge >= 0.3 is 5.97 Å². The van der Waals surface area contributed by atoms with Gasteiger partial charge in [0.25, 0.3) is 0 Å². The smallest absolute Gasteiger partial charge is 0.306 e. The van der Waals surface area contributed by atoms with Crippen molar-refractivity contribution in [2.75, 3.05) is 6.61 Å². The van der Waals surface area contributed by atoms with Crippen molar-refractivity contribution in [3.63, 3.8) is 0 Å². The van der Waals surface area contributed by atoms with E-state index < -0.39 is 0 Å². The van der Waals surface area contributed by atoms with E-state index in [0.29, 0.717) is 18.9 Å². The fourth-order valence-corrected chi connectivity index (χ4v) is 1.97. The summed E-state index contributed by atoms with van der Waals surface area (Å²) in [6.07, 6.45) is 1.19. The maximum atomic E-state index is 11.6. The van der Waals surface area contributed by atoms with Gasteiger partial charge < -0.3 is 4.74 Å². The Morgan fingerprint density at radius 2 is 1.84 bits per heavy atom. The highest BCUT2D eigenvalue weighted by atomic mass is 16.5. The van der Waals surface area contributed by atoms with Crippen LogP contribution in [0.15, 0.2) is 42.5 Å². The van der Waals surface area contributed by atoms with Crippen LogP contribution in [0.25, 0.3) is 10.8 Å². The lowest BCUT2D eigenvalue weighted by Gasteiger charge is -2.07. The van der Waals surface area contributed by atoms with Gasteiger partial charge in [-0.2, -0.15) is 0 Å². The van der Waals surface area contributed by atoms with Gasteiger partial charge in [-0.15, -0.1) is 0 Å². The molecule has 0 unspecified atom stereocenters. The maximum absolute atomic E-state index is 11.6. The number of rotatable bonds is 5. The summed E-state index contributed by atoms with van der Waals surface area (Å²) in [5.41, 5.74) is 1.18. The Morgan fingerprint density at radius 3 is 2.58 bits per heavy atom. The Balaban J connectivity index is 1.92. The minimum Gasteiger partial charge on any atom is -0.465 e. The molecule has 0 aromatic heterocycles. The highest BCUT2D eigenvalue weighted by Crippen LogP contribution is 2.16. The Labute approximate surface area is 114 Å². The molecule has 0 amide bonds. The topological polar surface area (TPSA) is 26.3 Å². The third-order valence-electron chi connectivity index (χ3n) is 3.01. The highest BCUT2D eigenvalue weighted by molar-refractivity contribution is 5.83. The Bertz CT molecular complexity index is 558. The molecular formula is C17H20O2. The molecule has 0 aliphatic heterocycles. The summed E-state index contributed by atoms with van der Waals surface area (Å²) in [7, 11) is 0. The summed E-state index contributed by atoms with van der Waals surface area (Å²) < 4.78 is 5.17. The molecule has 0 bridgehead atoms. The molecule has 0 atom stereocenters. The van der Waals surface area contributed by atoms with E-state index in [-0.39, 0.29) is 5.97 Å². The number of hydrogen-bond acceptors (Lipinski definition) is 2. The van der Waals surface area contributed by atoms with E-state index in [1.165, 1.54) is 16.3 Å². The Hall–Kier alpha value is -1.83. The van der Waals surface area contributed by atoms with Gasteiger partial charge in [0.15, 0.2) is 0 Å². The normalized spacial score (nSPS) is 10.9. The number of carbonyl (C=O) groups excluding carboxylic acids is 1. The first-order valence-corrected chi connectivity index (χ1v) is 6.78. The number of aryl methyl sites for hydroxylation is 1. The van der Waals surface area contributed by atoms with Crippen molar-refractivity contribution in [1.29, 1.82) is 0 Å². The number of fused-ring (bicyclic) bond motifs is 1. The molecule has 2 nitrogen and oxygen atoms in total. The molecular weight excluding hydrogens is 236 g/mol. The van der Waals surface area contributed by atoms with Crippen molar-refractivity contribution < 1.29 is 9.53 Å². The first-order chi connectivity index (χ1) is 9.15. The van der Waals surface area contributed by atoms with Crippen LogP contribution in [0.2, 0.25) is 0 Å². The maximum Gasteiger partial charge on any atom is 0.306 e. The second-order valence-electron chi connectivity index (χ2n) is 5.26. The van der Waals surface area contributed by atoms with Crippen molar-refractivity contribution >= 4 is 16.7 Å². The zero-order valence-corrected chi connectivity index (χ0v) is 11.6. The van der Waals surface area contributed by atoms with Crippen LogP contribution in [0, 0.1) is 5.92 Å². The van der Waals surface area contributed by atoms with Gasteiger partial charge in [0.05, 0.1) is 6.61 Å². The number of ether oxygens (including phenoxy) is 1. The molecule has 2 aromatic carbocycles. The van der Waals surface area contributed by atoms with E-state index in [9.17, 15) is 4.79 Å². The molecule has 0 spiro atoms. The molecule has 0 saturated heterocycles. The molecule has 0 fully saturated rings. The van der Waals surface area contributed by atoms with Crippen LogP contribution in [-0.4, -0.2) is 12.6 Å². The largest absolute Gasteiger partial charge is 0.465 e. The minimum atomic E-state index is -0.109. The van der Waals surface area contributed by atoms with E-state index >= 15 is 0 Å². The molecule has 0 aliphatic carbocycles. The van der Waals surface area contributed by atoms with Crippen molar-refractivity contribution in [1.82, 2.24) is 0 Å². The number of carbonyl (C=O) groups is 1. The Morgan fingerprint density at radius 1 is 1.11 bits per heavy atom. The van der Waals surface area contributed by atoms with Gasteiger partial charge in [-0.05, 0) is 28.7 Å². The van der Waals surface area contributed by atoms with E-state index in [1.807, 2.05) is 26.0 Å². The molecule has 0 radical (unpaired) electrons. The summed E-state index contributed by atoms with van der Waals surface area (Å²) >= 11 is 0. The van der Waals surface area contributed by atoms with Crippen LogP contribution in [0.3, 0.4) is 0 Å². The lowest BCUT2D eigenvalue weighted by atomic mass is 10.0. The van der Waals surface area contributed by atoms with Crippen LogP contribution in [-0.2, 0) is 16.0 Å². The molecule has 0 aliphatic rings. The van der Waals surface area contributed by atoms with Crippen molar-refractivity contribution in [2.45, 2.75) is 26.7 Å². The van der Waals surface area contributed by atoms with Crippen molar-refractivity contribution in [3.8, 4) is 0 Å². The zero-order valence-electron chi connectivity index (χ0n) is 11.6. The zero-order chi connectivity index (χ0) is 13.7. The molecule has 2 aromatic rings. The number of hydrogen-bond donors (Lipinski definition) is 0. The lowest BCUT2D eigenvalue weighted by molar-refractivity contribution is -0.144. The van der Waals surface area contributed by atoms with Crippen LogP contribution < -0.4 is 0 Å². The van der Waals surface area contributed by atoms with Crippen LogP contribution in [0.5, 0.6) is 0 Å². The van der Waals surface area contributed by atoms with E-state index in [4.69, 9.17) is 4.74 Å². The van der Waals surface area contributed by atoms with Gasteiger partial charge in [0.2, 0.25) is 0 Å². The lowest BCUT2D eigenvalue weighted by Crippen LogP contribution is -2.10. The SMILES string of the molecule is CC(C)COC(=O)CCc1ccc2ccccc2c1. The fraction of sp³-hybridized carbons (Fsp3) is 0.353. The summed E-state index contributed by atoms with van der Waals surface area (Å²) in [5, 5.41) is 2.45. The molecule has 0 heterocycles. The predicted molar refractivity (Wildman–Crippen MR) is 78.1 cm³/mol. The summed E-state index contributed by atoms with van der Waals surface area (Å²) in [6.45, 7) is 4.59. The number of esters is 1. The third-order valence-corrected chi connectivity index (χ3v) is 3.01. The monoisotopic (exact) mass is 256 g/mol.